The molecule has 1 saturated heterocycles. The van der Waals surface area contributed by atoms with Crippen LogP contribution in [-0.2, 0) is 0 Å². The zero-order chi connectivity index (χ0) is 9.03. The third kappa shape index (κ3) is 2.42. The van der Waals surface area contributed by atoms with Crippen LogP contribution >= 0.6 is 0 Å². The molecule has 1 rings (SSSR count). The fourth-order valence-electron chi connectivity index (χ4n) is 1.63. The second kappa shape index (κ2) is 4.19. The van der Waals surface area contributed by atoms with Gasteiger partial charge in [-0.2, -0.15) is 0 Å². The van der Waals surface area contributed by atoms with Gasteiger partial charge in [-0.25, -0.2) is 0 Å². The first-order valence-corrected chi connectivity index (χ1v) is 4.68. The van der Waals surface area contributed by atoms with E-state index in [9.17, 15) is 4.39 Å². The quantitative estimate of drug-likeness (QED) is 0.692. The lowest BCUT2D eigenvalue weighted by atomic mass is 9.82. The van der Waals surface area contributed by atoms with E-state index in [1.54, 1.807) is 0 Å². The van der Waals surface area contributed by atoms with Crippen LogP contribution in [0.15, 0.2) is 0 Å². The molecule has 2 nitrogen and oxygen atoms in total. The molecule has 0 amide bonds. The van der Waals surface area contributed by atoms with Crippen LogP contribution < -0.4 is 5.73 Å². The molecule has 1 aliphatic rings. The van der Waals surface area contributed by atoms with Gasteiger partial charge in [0.05, 0.1) is 6.67 Å². The second-order valence-electron chi connectivity index (χ2n) is 4.07. The highest BCUT2D eigenvalue weighted by Gasteiger charge is 2.29. The molecular formula is C9H19FN2. The molecule has 0 aromatic carbocycles. The topological polar surface area (TPSA) is 29.3 Å². The summed E-state index contributed by atoms with van der Waals surface area (Å²) in [6.45, 7) is 5.56. The van der Waals surface area contributed by atoms with Crippen LogP contribution in [0.4, 0.5) is 4.39 Å². The molecule has 1 aliphatic heterocycles. The van der Waals surface area contributed by atoms with E-state index in [-0.39, 0.29) is 12.1 Å². The average molecular weight is 174 g/mol. The highest BCUT2D eigenvalue weighted by atomic mass is 19.1. The van der Waals surface area contributed by atoms with E-state index in [0.29, 0.717) is 6.54 Å². The second-order valence-corrected chi connectivity index (χ2v) is 4.07. The molecule has 72 valence electrons. The van der Waals surface area contributed by atoms with E-state index in [2.05, 4.69) is 4.90 Å². The Kier molecular flexibility index (Phi) is 3.47. The predicted molar refractivity (Wildman–Crippen MR) is 48.8 cm³/mol. The summed E-state index contributed by atoms with van der Waals surface area (Å²) in [5.74, 6) is 0. The normalized spacial score (nSPS) is 24.2. The predicted octanol–water partition coefficient (Wildman–Crippen LogP) is 1.02. The minimum absolute atomic E-state index is 0.0505. The first-order valence-electron chi connectivity index (χ1n) is 4.68. The Morgan fingerprint density at radius 3 is 2.42 bits per heavy atom. The van der Waals surface area contributed by atoms with Gasteiger partial charge in [0.2, 0.25) is 0 Å². The Balaban J connectivity index is 2.29. The van der Waals surface area contributed by atoms with Crippen molar-refractivity contribution in [3.63, 3.8) is 0 Å². The Labute approximate surface area is 73.9 Å². The number of piperidine rings is 1. The molecule has 1 heterocycles. The highest BCUT2D eigenvalue weighted by molar-refractivity contribution is 4.81. The maximum Gasteiger partial charge on any atom is 0.0948 e. The zero-order valence-corrected chi connectivity index (χ0v) is 7.85. The van der Waals surface area contributed by atoms with Gasteiger partial charge in [-0.1, -0.05) is 6.92 Å². The van der Waals surface area contributed by atoms with Crippen molar-refractivity contribution in [3.05, 3.63) is 0 Å². The maximum absolute atomic E-state index is 12.5. The number of hydrogen-bond donors (Lipinski definition) is 1. The minimum atomic E-state index is -0.177. The van der Waals surface area contributed by atoms with E-state index < -0.39 is 0 Å². The lowest BCUT2D eigenvalue weighted by Crippen LogP contribution is -2.41. The van der Waals surface area contributed by atoms with Crippen LogP contribution in [0.25, 0.3) is 0 Å². The van der Waals surface area contributed by atoms with E-state index in [1.807, 2.05) is 6.92 Å². The zero-order valence-electron chi connectivity index (χ0n) is 7.85. The van der Waals surface area contributed by atoms with Gasteiger partial charge in [-0.05, 0) is 31.3 Å². The standard InChI is InChI=1S/C9H19FN2/c1-9(8-10)2-5-12(6-3-9)7-4-11/h2-8,11H2,1H3. The molecule has 0 aliphatic carbocycles. The number of nitrogens with two attached hydrogens (primary N) is 1. The summed E-state index contributed by atoms with van der Waals surface area (Å²) in [4.78, 5) is 2.32. The van der Waals surface area contributed by atoms with Gasteiger partial charge in [-0.3, -0.25) is 4.39 Å². The van der Waals surface area contributed by atoms with E-state index in [1.165, 1.54) is 0 Å². The fourth-order valence-corrected chi connectivity index (χ4v) is 1.63. The molecule has 0 saturated carbocycles. The molecular weight excluding hydrogens is 155 g/mol. The molecule has 0 atom stereocenters. The smallest absolute Gasteiger partial charge is 0.0948 e. The van der Waals surface area contributed by atoms with Crippen molar-refractivity contribution in [2.24, 2.45) is 11.1 Å². The van der Waals surface area contributed by atoms with Gasteiger partial charge >= 0.3 is 0 Å². The highest BCUT2D eigenvalue weighted by Crippen LogP contribution is 2.30. The van der Waals surface area contributed by atoms with Crippen LogP contribution in [0.2, 0.25) is 0 Å². The molecule has 0 aromatic heterocycles. The van der Waals surface area contributed by atoms with Gasteiger partial charge in [0, 0.05) is 13.1 Å². The molecule has 0 bridgehead atoms. The van der Waals surface area contributed by atoms with Gasteiger partial charge in [0.25, 0.3) is 0 Å². The lowest BCUT2D eigenvalue weighted by Gasteiger charge is -2.37. The summed E-state index contributed by atoms with van der Waals surface area (Å²) in [5, 5.41) is 0. The number of halogens is 1. The van der Waals surface area contributed by atoms with Crippen LogP contribution in [-0.4, -0.2) is 37.8 Å². The molecule has 0 aromatic rings. The molecule has 0 radical (unpaired) electrons. The molecule has 2 N–H and O–H groups in total. The third-order valence-corrected chi connectivity index (χ3v) is 2.83. The van der Waals surface area contributed by atoms with Gasteiger partial charge in [-0.15, -0.1) is 0 Å². The first kappa shape index (κ1) is 9.93. The minimum Gasteiger partial charge on any atom is -0.329 e. The van der Waals surface area contributed by atoms with Gasteiger partial charge in [0.1, 0.15) is 0 Å². The Morgan fingerprint density at radius 1 is 1.42 bits per heavy atom. The number of nitrogens with zero attached hydrogens (tertiary/aromatic N) is 1. The Hall–Kier alpha value is -0.150. The van der Waals surface area contributed by atoms with Crippen molar-refractivity contribution in [1.82, 2.24) is 4.90 Å². The summed E-state index contributed by atoms with van der Waals surface area (Å²) in [5.41, 5.74) is 5.39. The van der Waals surface area contributed by atoms with Crippen LogP contribution in [0.5, 0.6) is 0 Å². The van der Waals surface area contributed by atoms with E-state index in [4.69, 9.17) is 5.73 Å². The number of rotatable bonds is 3. The summed E-state index contributed by atoms with van der Waals surface area (Å²) < 4.78 is 12.5. The van der Waals surface area contributed by atoms with Crippen molar-refractivity contribution < 1.29 is 4.39 Å². The van der Waals surface area contributed by atoms with E-state index in [0.717, 1.165) is 32.5 Å². The molecule has 0 unspecified atom stereocenters. The summed E-state index contributed by atoms with van der Waals surface area (Å²) in [6.07, 6.45) is 1.95. The molecule has 1 fully saturated rings. The number of likely N-dealkylation sites (tertiary alicyclic amines) is 1. The van der Waals surface area contributed by atoms with Crippen LogP contribution in [0, 0.1) is 5.41 Å². The maximum atomic E-state index is 12.5. The Morgan fingerprint density at radius 2 is 2.00 bits per heavy atom. The average Bonchev–Trinajstić information content (AvgIpc) is 2.10. The largest absolute Gasteiger partial charge is 0.329 e. The van der Waals surface area contributed by atoms with Crippen molar-refractivity contribution in [3.8, 4) is 0 Å². The van der Waals surface area contributed by atoms with Crippen LogP contribution in [0.1, 0.15) is 19.8 Å². The van der Waals surface area contributed by atoms with E-state index >= 15 is 0 Å². The van der Waals surface area contributed by atoms with Gasteiger partial charge in [0.15, 0.2) is 0 Å². The lowest BCUT2D eigenvalue weighted by molar-refractivity contribution is 0.0952. The third-order valence-electron chi connectivity index (χ3n) is 2.83. The van der Waals surface area contributed by atoms with Crippen molar-refractivity contribution in [2.75, 3.05) is 32.9 Å². The SMILES string of the molecule is CC1(CF)CCN(CCN)CC1. The monoisotopic (exact) mass is 174 g/mol. The summed E-state index contributed by atoms with van der Waals surface area (Å²) in [6, 6.07) is 0. The molecule has 0 spiro atoms. The van der Waals surface area contributed by atoms with Crippen molar-refractivity contribution in [2.45, 2.75) is 19.8 Å². The summed E-state index contributed by atoms with van der Waals surface area (Å²) in [7, 11) is 0. The van der Waals surface area contributed by atoms with Crippen molar-refractivity contribution in [1.29, 1.82) is 0 Å². The number of alkyl halides is 1. The van der Waals surface area contributed by atoms with Crippen LogP contribution in [0.3, 0.4) is 0 Å². The molecule has 3 heteroatoms. The first-order chi connectivity index (χ1) is 5.70. The van der Waals surface area contributed by atoms with Gasteiger partial charge < -0.3 is 10.6 Å². The Bertz CT molecular complexity index is 130. The molecule has 12 heavy (non-hydrogen) atoms. The number of hydrogen-bond acceptors (Lipinski definition) is 2. The summed E-state index contributed by atoms with van der Waals surface area (Å²) >= 11 is 0. The fraction of sp³-hybridized carbons (Fsp3) is 1.00. The van der Waals surface area contributed by atoms with Crippen molar-refractivity contribution >= 4 is 0 Å².